The minimum absolute atomic E-state index is 0.0990. The molecule has 31 heavy (non-hydrogen) atoms. The summed E-state index contributed by atoms with van der Waals surface area (Å²) in [6.45, 7) is 4.36. The van der Waals surface area contributed by atoms with Crippen LogP contribution in [0.2, 0.25) is 0 Å². The van der Waals surface area contributed by atoms with Gasteiger partial charge in [-0.3, -0.25) is 19.8 Å². The van der Waals surface area contributed by atoms with Crippen molar-refractivity contribution < 1.29 is 23.5 Å². The van der Waals surface area contributed by atoms with Crippen molar-refractivity contribution in [3.63, 3.8) is 0 Å². The zero-order valence-corrected chi connectivity index (χ0v) is 17.3. The van der Waals surface area contributed by atoms with Crippen molar-refractivity contribution in [3.05, 3.63) is 59.9 Å². The third-order valence-corrected chi connectivity index (χ3v) is 4.81. The number of nitrogens with one attached hydrogen (secondary N) is 2. The van der Waals surface area contributed by atoms with Gasteiger partial charge in [-0.1, -0.05) is 0 Å². The molecule has 0 unspecified atom stereocenters. The first-order valence-electron chi connectivity index (χ1n) is 10.1. The second-order valence-corrected chi connectivity index (χ2v) is 7.05. The van der Waals surface area contributed by atoms with E-state index in [1.165, 1.54) is 24.3 Å². The number of benzene rings is 2. The van der Waals surface area contributed by atoms with E-state index >= 15 is 0 Å². The van der Waals surface area contributed by atoms with Gasteiger partial charge < -0.3 is 15.0 Å². The fourth-order valence-corrected chi connectivity index (χ4v) is 3.21. The highest BCUT2D eigenvalue weighted by atomic mass is 19.1. The molecular formula is C22H25FN4O4. The Hall–Kier alpha value is -3.46. The van der Waals surface area contributed by atoms with Crippen molar-refractivity contribution in [1.82, 2.24) is 9.80 Å². The van der Waals surface area contributed by atoms with E-state index in [0.29, 0.717) is 43.1 Å². The van der Waals surface area contributed by atoms with Crippen molar-refractivity contribution in [2.24, 2.45) is 0 Å². The summed E-state index contributed by atoms with van der Waals surface area (Å²) in [7, 11) is 0. The normalized spacial score (nSPS) is 14.1. The molecule has 0 aliphatic carbocycles. The van der Waals surface area contributed by atoms with Gasteiger partial charge in [-0.05, 0) is 55.5 Å². The molecule has 1 heterocycles. The number of halogens is 1. The lowest BCUT2D eigenvalue weighted by atomic mass is 10.1. The van der Waals surface area contributed by atoms with E-state index in [-0.39, 0.29) is 30.8 Å². The zero-order valence-electron chi connectivity index (χ0n) is 17.3. The summed E-state index contributed by atoms with van der Waals surface area (Å²) >= 11 is 0. The Morgan fingerprint density at radius 1 is 0.903 bits per heavy atom. The van der Waals surface area contributed by atoms with Crippen LogP contribution in [0.5, 0.6) is 0 Å². The lowest BCUT2D eigenvalue weighted by Gasteiger charge is -2.34. The molecule has 0 radical (unpaired) electrons. The fourth-order valence-electron chi connectivity index (χ4n) is 3.21. The van der Waals surface area contributed by atoms with E-state index in [1.54, 1.807) is 36.1 Å². The van der Waals surface area contributed by atoms with Crippen LogP contribution in [0.1, 0.15) is 17.3 Å². The Morgan fingerprint density at radius 3 is 2.10 bits per heavy atom. The van der Waals surface area contributed by atoms with Crippen LogP contribution in [0, 0.1) is 5.82 Å². The van der Waals surface area contributed by atoms with E-state index < -0.39 is 6.09 Å². The summed E-state index contributed by atoms with van der Waals surface area (Å²) in [5.41, 5.74) is 1.62. The maximum absolute atomic E-state index is 12.9. The molecule has 8 nitrogen and oxygen atoms in total. The van der Waals surface area contributed by atoms with Crippen LogP contribution in [-0.2, 0) is 9.53 Å². The second kappa shape index (κ2) is 10.5. The zero-order chi connectivity index (χ0) is 22.2. The first kappa shape index (κ1) is 22.2. The van der Waals surface area contributed by atoms with Crippen LogP contribution >= 0.6 is 0 Å². The van der Waals surface area contributed by atoms with Crippen LogP contribution in [-0.4, -0.2) is 67.0 Å². The van der Waals surface area contributed by atoms with Crippen molar-refractivity contribution in [2.75, 3.05) is 50.0 Å². The van der Waals surface area contributed by atoms with Gasteiger partial charge >= 0.3 is 6.09 Å². The van der Waals surface area contributed by atoms with Gasteiger partial charge in [0.05, 0.1) is 13.2 Å². The van der Waals surface area contributed by atoms with Crippen LogP contribution in [0.15, 0.2) is 48.5 Å². The Bertz CT molecular complexity index is 910. The van der Waals surface area contributed by atoms with Crippen molar-refractivity contribution in [2.45, 2.75) is 6.92 Å². The molecule has 0 spiro atoms. The fraction of sp³-hybridized carbons (Fsp3) is 0.318. The van der Waals surface area contributed by atoms with Gasteiger partial charge in [0.1, 0.15) is 5.82 Å². The average molecular weight is 428 g/mol. The SMILES string of the molecule is CCOC(=O)Nc1ccc(C(=O)N2CCN(CC(=O)Nc3ccc(F)cc3)CC2)cc1. The van der Waals surface area contributed by atoms with E-state index in [9.17, 15) is 18.8 Å². The molecule has 0 bridgehead atoms. The van der Waals surface area contributed by atoms with Crippen molar-refractivity contribution >= 4 is 29.3 Å². The van der Waals surface area contributed by atoms with E-state index in [2.05, 4.69) is 10.6 Å². The molecule has 164 valence electrons. The van der Waals surface area contributed by atoms with E-state index in [1.807, 2.05) is 4.90 Å². The number of piperazine rings is 1. The summed E-state index contributed by atoms with van der Waals surface area (Å²) in [5.74, 6) is -0.641. The summed E-state index contributed by atoms with van der Waals surface area (Å²) in [5, 5.41) is 5.32. The number of anilines is 2. The van der Waals surface area contributed by atoms with Gasteiger partial charge in [0.2, 0.25) is 5.91 Å². The number of carbonyl (C=O) groups is 3. The predicted octanol–water partition coefficient (Wildman–Crippen LogP) is 2.79. The van der Waals surface area contributed by atoms with E-state index in [0.717, 1.165) is 0 Å². The first-order chi connectivity index (χ1) is 14.9. The molecule has 3 amide bonds. The number of nitrogens with zero attached hydrogens (tertiary/aromatic N) is 2. The summed E-state index contributed by atoms with van der Waals surface area (Å²) < 4.78 is 17.8. The number of carbonyl (C=O) groups excluding carboxylic acids is 3. The first-order valence-corrected chi connectivity index (χ1v) is 10.1. The van der Waals surface area contributed by atoms with Crippen LogP contribution < -0.4 is 10.6 Å². The number of hydrogen-bond acceptors (Lipinski definition) is 5. The minimum Gasteiger partial charge on any atom is -0.450 e. The minimum atomic E-state index is -0.541. The molecule has 1 aliphatic rings. The molecule has 0 atom stereocenters. The Balaban J connectivity index is 1.45. The van der Waals surface area contributed by atoms with Gasteiger partial charge in [-0.25, -0.2) is 9.18 Å². The largest absolute Gasteiger partial charge is 0.450 e. The molecule has 1 fully saturated rings. The third kappa shape index (κ3) is 6.51. The van der Waals surface area contributed by atoms with Gasteiger partial charge in [-0.2, -0.15) is 0 Å². The average Bonchev–Trinajstić information content (AvgIpc) is 2.76. The Morgan fingerprint density at radius 2 is 1.48 bits per heavy atom. The topological polar surface area (TPSA) is 91.0 Å². The molecular weight excluding hydrogens is 403 g/mol. The molecule has 2 N–H and O–H groups in total. The molecule has 0 saturated carbocycles. The lowest BCUT2D eigenvalue weighted by Crippen LogP contribution is -2.50. The maximum Gasteiger partial charge on any atom is 0.411 e. The van der Waals surface area contributed by atoms with Gasteiger partial charge in [-0.15, -0.1) is 0 Å². The molecule has 3 rings (SSSR count). The van der Waals surface area contributed by atoms with E-state index in [4.69, 9.17) is 4.74 Å². The maximum atomic E-state index is 12.9. The van der Waals surface area contributed by atoms with Gasteiger partial charge in [0.25, 0.3) is 5.91 Å². The Labute approximate surface area is 180 Å². The standard InChI is InChI=1S/C22H25FN4O4/c1-2-31-22(30)25-19-7-3-16(4-8-19)21(29)27-13-11-26(12-14-27)15-20(28)24-18-9-5-17(23)6-10-18/h3-10H,2,11-15H2,1H3,(H,24,28)(H,25,30). The third-order valence-electron chi connectivity index (χ3n) is 4.81. The second-order valence-electron chi connectivity index (χ2n) is 7.05. The van der Waals surface area contributed by atoms with Crippen molar-refractivity contribution in [1.29, 1.82) is 0 Å². The van der Waals surface area contributed by atoms with Gasteiger partial charge in [0.15, 0.2) is 0 Å². The number of rotatable bonds is 6. The highest BCUT2D eigenvalue weighted by molar-refractivity contribution is 5.95. The molecule has 2 aromatic rings. The molecule has 9 heteroatoms. The number of hydrogen-bond donors (Lipinski definition) is 2. The monoisotopic (exact) mass is 428 g/mol. The summed E-state index contributed by atoms with van der Waals surface area (Å²) in [6, 6.07) is 12.2. The number of ether oxygens (including phenoxy) is 1. The molecule has 2 aromatic carbocycles. The predicted molar refractivity (Wildman–Crippen MR) is 114 cm³/mol. The molecule has 1 aliphatic heterocycles. The smallest absolute Gasteiger partial charge is 0.411 e. The van der Waals surface area contributed by atoms with Crippen molar-refractivity contribution in [3.8, 4) is 0 Å². The van der Waals surface area contributed by atoms with Crippen LogP contribution in [0.25, 0.3) is 0 Å². The van der Waals surface area contributed by atoms with Crippen LogP contribution in [0.4, 0.5) is 20.6 Å². The number of amides is 3. The quantitative estimate of drug-likeness (QED) is 0.738. The summed E-state index contributed by atoms with van der Waals surface area (Å²) in [4.78, 5) is 40.1. The van der Waals surface area contributed by atoms with Crippen LogP contribution in [0.3, 0.4) is 0 Å². The van der Waals surface area contributed by atoms with Gasteiger partial charge in [0, 0.05) is 43.1 Å². The highest BCUT2D eigenvalue weighted by Crippen LogP contribution is 2.14. The Kier molecular flexibility index (Phi) is 7.55. The molecule has 1 saturated heterocycles. The summed E-state index contributed by atoms with van der Waals surface area (Å²) in [6.07, 6.45) is -0.541. The lowest BCUT2D eigenvalue weighted by molar-refractivity contribution is -0.117. The molecule has 0 aromatic heterocycles. The highest BCUT2D eigenvalue weighted by Gasteiger charge is 2.23.